The number of para-hydroxylation sites is 1. The Hall–Kier alpha value is -3.38. The van der Waals surface area contributed by atoms with Crippen molar-refractivity contribution in [3.8, 4) is 0 Å². The van der Waals surface area contributed by atoms with E-state index in [0.717, 1.165) is 23.9 Å². The van der Waals surface area contributed by atoms with E-state index in [9.17, 15) is 9.59 Å². The molecule has 170 valence electrons. The highest BCUT2D eigenvalue weighted by Crippen LogP contribution is 2.19. The molecule has 1 N–H and O–H groups in total. The molecule has 4 rings (SSSR count). The summed E-state index contributed by atoms with van der Waals surface area (Å²) in [6.07, 6.45) is 3.58. The van der Waals surface area contributed by atoms with Crippen LogP contribution in [0, 0.1) is 0 Å². The molecule has 5 nitrogen and oxygen atoms in total. The minimum atomic E-state index is -0.0727. The van der Waals surface area contributed by atoms with Crippen molar-refractivity contribution in [2.24, 2.45) is 0 Å². The molecule has 0 atom stereocenters. The van der Waals surface area contributed by atoms with E-state index < -0.39 is 0 Å². The molecule has 2 heterocycles. The lowest BCUT2D eigenvalue weighted by molar-refractivity contribution is -0.132. The molecule has 2 amide bonds. The molecule has 6 heteroatoms. The van der Waals surface area contributed by atoms with Gasteiger partial charge in [-0.2, -0.15) is 0 Å². The lowest BCUT2D eigenvalue weighted by Gasteiger charge is -2.27. The average molecular weight is 460 g/mol. The molecule has 4 aromatic rings. The van der Waals surface area contributed by atoms with E-state index >= 15 is 0 Å². The first-order valence-corrected chi connectivity index (χ1v) is 12.2. The molecule has 0 bridgehead atoms. The van der Waals surface area contributed by atoms with Crippen LogP contribution in [0.25, 0.3) is 10.9 Å². The number of carbonyl (C=O) groups is 2. The van der Waals surface area contributed by atoms with E-state index in [1.165, 1.54) is 22.3 Å². The van der Waals surface area contributed by atoms with Gasteiger partial charge < -0.3 is 14.8 Å². The zero-order chi connectivity index (χ0) is 23.0. The number of fused-ring (bicyclic) bond motifs is 1. The van der Waals surface area contributed by atoms with Crippen molar-refractivity contribution < 1.29 is 9.59 Å². The maximum absolute atomic E-state index is 13.5. The summed E-state index contributed by atoms with van der Waals surface area (Å²) >= 11 is 1.41. The summed E-state index contributed by atoms with van der Waals surface area (Å²) in [5, 5.41) is 3.08. The van der Waals surface area contributed by atoms with Crippen molar-refractivity contribution in [3.63, 3.8) is 0 Å². The fraction of sp³-hybridized carbons (Fsp3) is 0.259. The van der Waals surface area contributed by atoms with E-state index in [-0.39, 0.29) is 18.4 Å². The predicted octanol–water partition coefficient (Wildman–Crippen LogP) is 5.35. The number of nitrogens with zero attached hydrogens (tertiary/aromatic N) is 2. The highest BCUT2D eigenvalue weighted by molar-refractivity contribution is 7.12. The van der Waals surface area contributed by atoms with Gasteiger partial charge in [-0.3, -0.25) is 9.59 Å². The van der Waals surface area contributed by atoms with Gasteiger partial charge in [-0.05, 0) is 41.5 Å². The molecule has 0 unspecified atom stereocenters. The highest BCUT2D eigenvalue weighted by atomic mass is 32.1. The average Bonchev–Trinajstić information content (AvgIpc) is 3.52. The minimum Gasteiger partial charge on any atom is -0.361 e. The molecule has 0 aliphatic heterocycles. The molecule has 0 radical (unpaired) electrons. The van der Waals surface area contributed by atoms with Crippen LogP contribution in [0.2, 0.25) is 0 Å². The maximum Gasteiger partial charge on any atom is 0.264 e. The Labute approximate surface area is 198 Å². The van der Waals surface area contributed by atoms with E-state index in [1.807, 2.05) is 78.0 Å². The molecule has 0 aliphatic carbocycles. The van der Waals surface area contributed by atoms with Gasteiger partial charge in [0.05, 0.1) is 4.88 Å². The van der Waals surface area contributed by atoms with Gasteiger partial charge in [0, 0.05) is 36.7 Å². The van der Waals surface area contributed by atoms with Crippen molar-refractivity contribution >= 4 is 34.1 Å². The number of benzene rings is 2. The van der Waals surface area contributed by atoms with Crippen LogP contribution in [0.1, 0.15) is 34.1 Å². The van der Waals surface area contributed by atoms with E-state index in [4.69, 9.17) is 0 Å². The maximum atomic E-state index is 13.5. The zero-order valence-corrected chi connectivity index (χ0v) is 19.7. The molecule has 33 heavy (non-hydrogen) atoms. The number of amides is 2. The summed E-state index contributed by atoms with van der Waals surface area (Å²) in [6.45, 7) is 3.78. The van der Waals surface area contributed by atoms with Crippen LogP contribution < -0.4 is 0 Å². The van der Waals surface area contributed by atoms with Crippen molar-refractivity contribution in [2.75, 3.05) is 19.6 Å². The van der Waals surface area contributed by atoms with Gasteiger partial charge in [0.15, 0.2) is 0 Å². The van der Waals surface area contributed by atoms with Crippen molar-refractivity contribution in [3.05, 3.63) is 94.3 Å². The number of H-pyrrole nitrogens is 1. The largest absolute Gasteiger partial charge is 0.361 e. The molecule has 0 saturated heterocycles. The van der Waals surface area contributed by atoms with Gasteiger partial charge in [0.2, 0.25) is 5.91 Å². The Bertz CT molecular complexity index is 1180. The number of thiophene rings is 1. The van der Waals surface area contributed by atoms with Gasteiger partial charge in [0.1, 0.15) is 6.54 Å². The van der Waals surface area contributed by atoms with Crippen LogP contribution >= 0.6 is 11.3 Å². The van der Waals surface area contributed by atoms with Gasteiger partial charge >= 0.3 is 0 Å². The molecular formula is C27H29N3O2S. The molecule has 0 fully saturated rings. The van der Waals surface area contributed by atoms with Crippen LogP contribution in [0.15, 0.2) is 78.3 Å². The topological polar surface area (TPSA) is 56.4 Å². The summed E-state index contributed by atoms with van der Waals surface area (Å²) in [6, 6.07) is 21.9. The minimum absolute atomic E-state index is 0.0305. The first-order chi connectivity index (χ1) is 16.2. The third-order valence-corrected chi connectivity index (χ3v) is 6.59. The molecule has 2 aromatic carbocycles. The van der Waals surface area contributed by atoms with Gasteiger partial charge in [-0.25, -0.2) is 0 Å². The number of aromatic nitrogens is 1. The van der Waals surface area contributed by atoms with Crippen LogP contribution in [0.3, 0.4) is 0 Å². The molecular weight excluding hydrogens is 430 g/mol. The number of hydrogen-bond donors (Lipinski definition) is 1. The van der Waals surface area contributed by atoms with Crippen molar-refractivity contribution in [2.45, 2.75) is 26.3 Å². The monoisotopic (exact) mass is 459 g/mol. The first-order valence-electron chi connectivity index (χ1n) is 11.3. The summed E-state index contributed by atoms with van der Waals surface area (Å²) in [5.41, 5.74) is 3.37. The number of aromatic amines is 1. The summed E-state index contributed by atoms with van der Waals surface area (Å²) < 4.78 is 0. The predicted molar refractivity (Wildman–Crippen MR) is 134 cm³/mol. The number of rotatable bonds is 10. The van der Waals surface area contributed by atoms with Crippen LogP contribution in [-0.4, -0.2) is 46.2 Å². The molecule has 0 spiro atoms. The fourth-order valence-electron chi connectivity index (χ4n) is 4.03. The molecule has 2 aromatic heterocycles. The second-order valence-electron chi connectivity index (χ2n) is 8.11. The van der Waals surface area contributed by atoms with Crippen LogP contribution in [0.5, 0.6) is 0 Å². The van der Waals surface area contributed by atoms with E-state index in [0.29, 0.717) is 24.5 Å². The lowest BCUT2D eigenvalue weighted by Crippen LogP contribution is -2.43. The van der Waals surface area contributed by atoms with Crippen LogP contribution in [-0.2, 0) is 17.8 Å². The van der Waals surface area contributed by atoms with Crippen molar-refractivity contribution in [1.29, 1.82) is 0 Å². The third-order valence-electron chi connectivity index (χ3n) is 5.73. The zero-order valence-electron chi connectivity index (χ0n) is 18.9. The normalized spacial score (nSPS) is 10.9. The Morgan fingerprint density at radius 3 is 2.45 bits per heavy atom. The van der Waals surface area contributed by atoms with Crippen molar-refractivity contribution in [1.82, 2.24) is 14.8 Å². The SMILES string of the molecule is CCCN(CC(=O)N(CCc1c[nH]c2ccccc12)Cc1ccccc1)C(=O)c1cccs1. The first kappa shape index (κ1) is 22.8. The number of nitrogens with one attached hydrogen (secondary N) is 1. The van der Waals surface area contributed by atoms with E-state index in [2.05, 4.69) is 17.1 Å². The Morgan fingerprint density at radius 1 is 0.909 bits per heavy atom. The smallest absolute Gasteiger partial charge is 0.264 e. The van der Waals surface area contributed by atoms with Gasteiger partial charge in [-0.1, -0.05) is 61.5 Å². The fourth-order valence-corrected chi connectivity index (χ4v) is 4.72. The Kier molecular flexibility index (Phi) is 7.58. The molecule has 0 saturated carbocycles. The standard InChI is InChI=1S/C27H29N3O2S/c1-2-15-30(27(32)25-13-8-17-33-25)20-26(31)29(19-21-9-4-3-5-10-21)16-14-22-18-28-24-12-7-6-11-23(22)24/h3-13,17-18,28H,2,14-16,19-20H2,1H3. The second kappa shape index (κ2) is 11.0. The van der Waals surface area contributed by atoms with Gasteiger partial charge in [-0.15, -0.1) is 11.3 Å². The summed E-state index contributed by atoms with van der Waals surface area (Å²) in [5.74, 6) is -0.103. The summed E-state index contributed by atoms with van der Waals surface area (Å²) in [4.78, 5) is 34.0. The van der Waals surface area contributed by atoms with Gasteiger partial charge in [0.25, 0.3) is 5.91 Å². The highest BCUT2D eigenvalue weighted by Gasteiger charge is 2.23. The number of hydrogen-bond acceptors (Lipinski definition) is 3. The molecule has 0 aliphatic rings. The Balaban J connectivity index is 1.51. The second-order valence-corrected chi connectivity index (χ2v) is 9.06. The summed E-state index contributed by atoms with van der Waals surface area (Å²) in [7, 11) is 0. The Morgan fingerprint density at radius 2 is 1.70 bits per heavy atom. The third kappa shape index (κ3) is 5.71. The van der Waals surface area contributed by atoms with Crippen LogP contribution in [0.4, 0.5) is 0 Å². The lowest BCUT2D eigenvalue weighted by atomic mass is 10.1. The quantitative estimate of drug-likeness (QED) is 0.347. The number of carbonyl (C=O) groups excluding carboxylic acids is 2. The van der Waals surface area contributed by atoms with E-state index in [1.54, 1.807) is 4.90 Å².